The zero-order chi connectivity index (χ0) is 14.4. The summed E-state index contributed by atoms with van der Waals surface area (Å²) in [5.41, 5.74) is 9.99. The summed E-state index contributed by atoms with van der Waals surface area (Å²) in [5, 5.41) is 3.36. The lowest BCUT2D eigenvalue weighted by Crippen LogP contribution is -2.41. The lowest BCUT2D eigenvalue weighted by Gasteiger charge is -2.23. The molecule has 0 atom stereocenters. The number of guanidine groups is 1. The van der Waals surface area contributed by atoms with Gasteiger partial charge in [0.1, 0.15) is 0 Å². The van der Waals surface area contributed by atoms with Crippen LogP contribution in [0.2, 0.25) is 0 Å². The molecule has 0 amide bonds. The number of hydrogen-bond donors (Lipinski definition) is 2. The Morgan fingerprint density at radius 1 is 1.24 bits per heavy atom. The average Bonchev–Trinajstić information content (AvgIpc) is 2.42. The largest absolute Gasteiger partial charge is 0.370 e. The molecule has 2 rings (SSSR count). The molecule has 1 aromatic rings. The number of nitrogens with two attached hydrogens (primary N) is 1. The van der Waals surface area contributed by atoms with Crippen LogP contribution in [0.25, 0.3) is 0 Å². The van der Waals surface area contributed by atoms with Gasteiger partial charge in [0.25, 0.3) is 0 Å². The molecule has 1 fully saturated rings. The molecule has 1 aliphatic rings. The summed E-state index contributed by atoms with van der Waals surface area (Å²) in [6.45, 7) is 5.05. The molecule has 0 spiro atoms. The molecule has 0 aliphatic heterocycles. The number of halogens is 1. The van der Waals surface area contributed by atoms with E-state index >= 15 is 0 Å². The van der Waals surface area contributed by atoms with Crippen LogP contribution in [0.1, 0.15) is 48.8 Å². The van der Waals surface area contributed by atoms with Gasteiger partial charge in [-0.1, -0.05) is 43.0 Å². The van der Waals surface area contributed by atoms with Crippen LogP contribution in [0.15, 0.2) is 23.2 Å². The van der Waals surface area contributed by atoms with Crippen LogP contribution in [0.4, 0.5) is 0 Å². The van der Waals surface area contributed by atoms with Gasteiger partial charge in [-0.15, -0.1) is 24.0 Å². The van der Waals surface area contributed by atoms with E-state index in [9.17, 15) is 0 Å². The molecule has 0 saturated heterocycles. The Morgan fingerprint density at radius 3 is 2.62 bits per heavy atom. The first-order valence-corrected chi connectivity index (χ1v) is 7.78. The Kier molecular flexibility index (Phi) is 8.07. The number of aliphatic imine (C=N–C) groups is 1. The van der Waals surface area contributed by atoms with Crippen molar-refractivity contribution in [3.05, 3.63) is 34.9 Å². The lowest BCUT2D eigenvalue weighted by molar-refractivity contribution is 0.412. The zero-order valence-electron chi connectivity index (χ0n) is 13.2. The second-order valence-corrected chi connectivity index (χ2v) is 5.93. The molecule has 0 radical (unpaired) electrons. The summed E-state index contributed by atoms with van der Waals surface area (Å²) in [7, 11) is 0. The van der Waals surface area contributed by atoms with E-state index < -0.39 is 0 Å². The Balaban J connectivity index is 0.00000220. The smallest absolute Gasteiger partial charge is 0.188 e. The molecular weight excluding hydrogens is 373 g/mol. The first-order valence-electron chi connectivity index (χ1n) is 7.78. The minimum Gasteiger partial charge on any atom is -0.370 e. The fourth-order valence-electron chi connectivity index (χ4n) is 2.92. The van der Waals surface area contributed by atoms with Crippen molar-refractivity contribution in [3.8, 4) is 0 Å². The molecule has 3 N–H and O–H groups in total. The third kappa shape index (κ3) is 6.24. The Bertz CT molecular complexity index is 465. The molecule has 1 saturated carbocycles. The highest BCUT2D eigenvalue weighted by molar-refractivity contribution is 14.0. The number of rotatable bonds is 4. The van der Waals surface area contributed by atoms with Crippen LogP contribution in [0.3, 0.4) is 0 Å². The van der Waals surface area contributed by atoms with Gasteiger partial charge in [-0.3, -0.25) is 4.99 Å². The van der Waals surface area contributed by atoms with Crippen LogP contribution in [0, 0.1) is 13.8 Å². The third-order valence-electron chi connectivity index (χ3n) is 4.12. The quantitative estimate of drug-likeness (QED) is 0.459. The van der Waals surface area contributed by atoms with E-state index in [0.717, 1.165) is 13.0 Å². The Morgan fingerprint density at radius 2 is 1.95 bits per heavy atom. The van der Waals surface area contributed by atoms with Crippen molar-refractivity contribution < 1.29 is 0 Å². The van der Waals surface area contributed by atoms with Gasteiger partial charge < -0.3 is 11.1 Å². The SMILES string of the molecule is Cc1ccc(CCN=C(N)NC2CCCCC2)c(C)c1.I. The van der Waals surface area contributed by atoms with Crippen LogP contribution in [0.5, 0.6) is 0 Å². The lowest BCUT2D eigenvalue weighted by atomic mass is 9.96. The van der Waals surface area contributed by atoms with E-state index in [4.69, 9.17) is 5.73 Å². The molecule has 0 bridgehead atoms. The minimum absolute atomic E-state index is 0. The molecule has 0 unspecified atom stereocenters. The summed E-state index contributed by atoms with van der Waals surface area (Å²) in [4.78, 5) is 4.46. The van der Waals surface area contributed by atoms with Crippen molar-refractivity contribution in [2.75, 3.05) is 6.54 Å². The first-order chi connectivity index (χ1) is 9.65. The highest BCUT2D eigenvalue weighted by atomic mass is 127. The number of benzene rings is 1. The van der Waals surface area contributed by atoms with Gasteiger partial charge in [0.15, 0.2) is 5.96 Å². The first kappa shape index (κ1) is 18.3. The molecule has 0 aromatic heterocycles. The Hall–Kier alpha value is -0.780. The molecule has 118 valence electrons. The van der Waals surface area contributed by atoms with Crippen molar-refractivity contribution in [3.63, 3.8) is 0 Å². The normalized spacial score (nSPS) is 16.4. The van der Waals surface area contributed by atoms with E-state index in [1.807, 2.05) is 0 Å². The van der Waals surface area contributed by atoms with E-state index in [2.05, 4.69) is 42.4 Å². The summed E-state index contributed by atoms with van der Waals surface area (Å²) in [6.07, 6.45) is 7.41. The minimum atomic E-state index is 0. The van der Waals surface area contributed by atoms with Crippen molar-refractivity contribution >= 4 is 29.9 Å². The highest BCUT2D eigenvalue weighted by Crippen LogP contribution is 2.17. The summed E-state index contributed by atoms with van der Waals surface area (Å²) < 4.78 is 0. The average molecular weight is 401 g/mol. The number of hydrogen-bond acceptors (Lipinski definition) is 1. The second-order valence-electron chi connectivity index (χ2n) is 5.93. The maximum absolute atomic E-state index is 5.97. The second kappa shape index (κ2) is 9.28. The van der Waals surface area contributed by atoms with E-state index in [0.29, 0.717) is 12.0 Å². The topological polar surface area (TPSA) is 50.4 Å². The molecule has 1 aromatic carbocycles. The van der Waals surface area contributed by atoms with Gasteiger partial charge in [-0.25, -0.2) is 0 Å². The van der Waals surface area contributed by atoms with Crippen LogP contribution in [-0.2, 0) is 6.42 Å². The van der Waals surface area contributed by atoms with Crippen molar-refractivity contribution in [2.24, 2.45) is 10.7 Å². The summed E-state index contributed by atoms with van der Waals surface area (Å²) in [5.74, 6) is 0.613. The summed E-state index contributed by atoms with van der Waals surface area (Å²) >= 11 is 0. The number of aryl methyl sites for hydroxylation is 2. The van der Waals surface area contributed by atoms with Gasteiger partial charge in [0, 0.05) is 12.6 Å². The number of nitrogens with one attached hydrogen (secondary N) is 1. The molecule has 21 heavy (non-hydrogen) atoms. The maximum Gasteiger partial charge on any atom is 0.188 e. The van der Waals surface area contributed by atoms with Crippen molar-refractivity contribution in [1.29, 1.82) is 0 Å². The van der Waals surface area contributed by atoms with E-state index in [1.165, 1.54) is 48.8 Å². The van der Waals surface area contributed by atoms with Gasteiger partial charge >= 0.3 is 0 Å². The summed E-state index contributed by atoms with van der Waals surface area (Å²) in [6, 6.07) is 7.12. The van der Waals surface area contributed by atoms with Crippen LogP contribution < -0.4 is 11.1 Å². The van der Waals surface area contributed by atoms with E-state index in [-0.39, 0.29) is 24.0 Å². The van der Waals surface area contributed by atoms with Crippen LogP contribution in [-0.4, -0.2) is 18.5 Å². The standard InChI is InChI=1S/C17H27N3.HI/c1-13-8-9-15(14(2)12-13)10-11-19-17(18)20-16-6-4-3-5-7-16;/h8-9,12,16H,3-7,10-11H2,1-2H3,(H3,18,19,20);1H. The predicted octanol–water partition coefficient (Wildman–Crippen LogP) is 3.70. The fourth-order valence-corrected chi connectivity index (χ4v) is 2.92. The maximum atomic E-state index is 5.97. The molecule has 0 heterocycles. The van der Waals surface area contributed by atoms with Gasteiger partial charge in [-0.2, -0.15) is 0 Å². The third-order valence-corrected chi connectivity index (χ3v) is 4.12. The predicted molar refractivity (Wildman–Crippen MR) is 102 cm³/mol. The van der Waals surface area contributed by atoms with Crippen molar-refractivity contribution in [1.82, 2.24) is 5.32 Å². The van der Waals surface area contributed by atoms with Gasteiger partial charge in [0.05, 0.1) is 0 Å². The van der Waals surface area contributed by atoms with Crippen molar-refractivity contribution in [2.45, 2.75) is 58.4 Å². The molecular formula is C17H28IN3. The highest BCUT2D eigenvalue weighted by Gasteiger charge is 2.13. The monoisotopic (exact) mass is 401 g/mol. The molecule has 3 nitrogen and oxygen atoms in total. The van der Waals surface area contributed by atoms with Crippen LogP contribution >= 0.6 is 24.0 Å². The fraction of sp³-hybridized carbons (Fsp3) is 0.588. The molecule has 1 aliphatic carbocycles. The van der Waals surface area contributed by atoms with Gasteiger partial charge in [0.2, 0.25) is 0 Å². The molecule has 4 heteroatoms. The number of nitrogens with zero attached hydrogens (tertiary/aromatic N) is 1. The van der Waals surface area contributed by atoms with Gasteiger partial charge in [-0.05, 0) is 44.2 Å². The van der Waals surface area contributed by atoms with E-state index in [1.54, 1.807) is 0 Å². The Labute approximate surface area is 145 Å². The zero-order valence-corrected chi connectivity index (χ0v) is 15.5.